The highest BCUT2D eigenvalue weighted by Crippen LogP contribution is 2.67. The molecule has 2 unspecified atom stereocenters. The van der Waals surface area contributed by atoms with E-state index in [1.54, 1.807) is 0 Å². The van der Waals surface area contributed by atoms with Crippen molar-refractivity contribution in [2.45, 2.75) is 110 Å². The molecule has 1 aromatic carbocycles. The molecular formula is C34H48O4. The minimum absolute atomic E-state index is 0.0269. The van der Waals surface area contributed by atoms with Gasteiger partial charge in [0.15, 0.2) is 5.78 Å². The molecule has 0 aromatic heterocycles. The first-order valence-electron chi connectivity index (χ1n) is 15.4. The van der Waals surface area contributed by atoms with Crippen LogP contribution in [0, 0.1) is 34.5 Å². The van der Waals surface area contributed by atoms with Crippen LogP contribution in [0.25, 0.3) is 0 Å². The van der Waals surface area contributed by atoms with E-state index in [1.807, 2.05) is 12.1 Å². The van der Waals surface area contributed by atoms with Gasteiger partial charge in [0.25, 0.3) is 0 Å². The first-order valence-corrected chi connectivity index (χ1v) is 15.4. The molecule has 4 aliphatic carbocycles. The molecule has 0 spiro atoms. The summed E-state index contributed by atoms with van der Waals surface area (Å²) in [5.41, 5.74) is 2.37. The van der Waals surface area contributed by atoms with Crippen molar-refractivity contribution in [1.29, 1.82) is 0 Å². The lowest BCUT2D eigenvalue weighted by Crippen LogP contribution is -2.55. The van der Waals surface area contributed by atoms with Crippen molar-refractivity contribution < 1.29 is 19.4 Å². The summed E-state index contributed by atoms with van der Waals surface area (Å²) >= 11 is 0. The third-order valence-corrected chi connectivity index (χ3v) is 11.5. The minimum atomic E-state index is -0.189. The monoisotopic (exact) mass is 520 g/mol. The van der Waals surface area contributed by atoms with Crippen molar-refractivity contribution in [3.05, 3.63) is 47.5 Å². The molecule has 1 N–H and O–H groups in total. The summed E-state index contributed by atoms with van der Waals surface area (Å²) in [6.45, 7) is 7.42. The predicted octanol–water partition coefficient (Wildman–Crippen LogP) is 7.40. The zero-order valence-electron chi connectivity index (χ0n) is 23.8. The molecule has 3 saturated carbocycles. The minimum Gasteiger partial charge on any atom is -0.466 e. The van der Waals surface area contributed by atoms with Crippen LogP contribution in [0.4, 0.5) is 0 Å². The molecule has 38 heavy (non-hydrogen) atoms. The van der Waals surface area contributed by atoms with Crippen molar-refractivity contribution in [3.63, 3.8) is 0 Å². The summed E-state index contributed by atoms with van der Waals surface area (Å²) in [6, 6.07) is 10.4. The quantitative estimate of drug-likeness (QED) is 0.272. The van der Waals surface area contributed by atoms with Crippen molar-refractivity contribution in [3.8, 4) is 0 Å². The second kappa shape index (κ2) is 11.3. The second-order valence-corrected chi connectivity index (χ2v) is 13.3. The molecule has 0 heterocycles. The number of unbranched alkanes of at least 4 members (excludes halogenated alkanes) is 3. The van der Waals surface area contributed by atoms with Crippen molar-refractivity contribution in [2.75, 3.05) is 6.61 Å². The van der Waals surface area contributed by atoms with E-state index in [-0.39, 0.29) is 40.5 Å². The summed E-state index contributed by atoms with van der Waals surface area (Å²) in [6.07, 6.45) is 13.2. The van der Waals surface area contributed by atoms with E-state index in [9.17, 15) is 14.7 Å². The van der Waals surface area contributed by atoms with Gasteiger partial charge in [-0.15, -0.1) is 0 Å². The SMILES string of the molecule is CCCCCCOC(=O)CC(c1ccccc1)C1CC(=O)C=C2CC[C@H]3[C@@H]4CC[C@H](O)[C@@]4(C)CC[C@@H]3[C@]21C. The van der Waals surface area contributed by atoms with Crippen LogP contribution in [0.2, 0.25) is 0 Å². The van der Waals surface area contributed by atoms with Gasteiger partial charge in [-0.25, -0.2) is 0 Å². The highest BCUT2D eigenvalue weighted by Gasteiger charge is 2.61. The van der Waals surface area contributed by atoms with Gasteiger partial charge in [0.2, 0.25) is 0 Å². The molecule has 208 valence electrons. The Morgan fingerprint density at radius 2 is 1.84 bits per heavy atom. The van der Waals surface area contributed by atoms with Gasteiger partial charge in [-0.2, -0.15) is 0 Å². The van der Waals surface area contributed by atoms with Gasteiger partial charge in [0, 0.05) is 6.42 Å². The molecule has 4 aliphatic rings. The standard InChI is InChI=1S/C34H48O4/c1-4-5-6-10-19-38-32(37)22-27(23-11-8-7-9-12-23)30-21-25(35)20-24-13-14-26-28-15-16-31(36)33(28,2)18-17-29(26)34(24,30)3/h7-9,11-12,20,26-31,36H,4-6,10,13-19,21-22H2,1-3H3/t26-,27?,28-,29-,30?,31-,33-,34-/m0/s1. The van der Waals surface area contributed by atoms with Crippen LogP contribution in [-0.2, 0) is 14.3 Å². The van der Waals surface area contributed by atoms with Crippen molar-refractivity contribution >= 4 is 11.8 Å². The number of esters is 1. The molecule has 5 rings (SSSR count). The Kier molecular flexibility index (Phi) is 8.20. The lowest BCUT2D eigenvalue weighted by molar-refractivity contribution is -0.146. The van der Waals surface area contributed by atoms with Crippen LogP contribution < -0.4 is 0 Å². The Labute approximate surface area is 229 Å². The van der Waals surface area contributed by atoms with Gasteiger partial charge < -0.3 is 9.84 Å². The summed E-state index contributed by atoms with van der Waals surface area (Å²) in [7, 11) is 0. The Bertz CT molecular complexity index is 1030. The number of hydrogen-bond acceptors (Lipinski definition) is 4. The number of ketones is 1. The van der Waals surface area contributed by atoms with Gasteiger partial charge in [-0.05, 0) is 97.0 Å². The highest BCUT2D eigenvalue weighted by atomic mass is 16.5. The van der Waals surface area contributed by atoms with Crippen molar-refractivity contribution in [1.82, 2.24) is 0 Å². The zero-order chi connectivity index (χ0) is 26.9. The van der Waals surface area contributed by atoms with Crippen LogP contribution in [-0.4, -0.2) is 29.6 Å². The molecule has 0 radical (unpaired) electrons. The van der Waals surface area contributed by atoms with Gasteiger partial charge >= 0.3 is 5.97 Å². The van der Waals surface area contributed by atoms with Gasteiger partial charge in [0.1, 0.15) is 0 Å². The van der Waals surface area contributed by atoms with E-state index in [1.165, 1.54) is 12.0 Å². The van der Waals surface area contributed by atoms with Gasteiger partial charge in [-0.3, -0.25) is 9.59 Å². The molecule has 4 nitrogen and oxygen atoms in total. The van der Waals surface area contributed by atoms with E-state index in [4.69, 9.17) is 4.74 Å². The summed E-state index contributed by atoms with van der Waals surface area (Å²) < 4.78 is 5.75. The van der Waals surface area contributed by atoms with E-state index in [0.717, 1.165) is 63.4 Å². The number of carbonyl (C=O) groups is 2. The number of allylic oxidation sites excluding steroid dienone is 1. The molecule has 1 aromatic rings. The van der Waals surface area contributed by atoms with Crippen LogP contribution in [0.1, 0.15) is 109 Å². The van der Waals surface area contributed by atoms with Crippen LogP contribution in [0.5, 0.6) is 0 Å². The van der Waals surface area contributed by atoms with E-state index in [2.05, 4.69) is 45.0 Å². The molecule has 0 aliphatic heterocycles. The molecular weight excluding hydrogens is 472 g/mol. The average Bonchev–Trinajstić information content (AvgIpc) is 3.22. The number of hydrogen-bond donors (Lipinski definition) is 1. The summed E-state index contributed by atoms with van der Waals surface area (Å²) in [5.74, 6) is 1.73. The predicted molar refractivity (Wildman–Crippen MR) is 150 cm³/mol. The number of benzene rings is 1. The third kappa shape index (κ3) is 4.91. The summed E-state index contributed by atoms with van der Waals surface area (Å²) in [5, 5.41) is 10.9. The topological polar surface area (TPSA) is 63.6 Å². The van der Waals surface area contributed by atoms with Gasteiger partial charge in [-0.1, -0.05) is 75.9 Å². The number of aliphatic hydroxyl groups excluding tert-OH is 1. The Balaban J connectivity index is 1.45. The fourth-order valence-corrected chi connectivity index (χ4v) is 9.37. The molecule has 0 bridgehead atoms. The molecule has 0 saturated heterocycles. The fraction of sp³-hybridized carbons (Fsp3) is 0.706. The number of rotatable bonds is 9. The maximum atomic E-state index is 13.2. The lowest BCUT2D eigenvalue weighted by Gasteiger charge is -2.61. The highest BCUT2D eigenvalue weighted by molar-refractivity contribution is 5.92. The Morgan fingerprint density at radius 1 is 1.05 bits per heavy atom. The van der Waals surface area contributed by atoms with Gasteiger partial charge in [0.05, 0.1) is 19.1 Å². The van der Waals surface area contributed by atoms with E-state index >= 15 is 0 Å². The maximum absolute atomic E-state index is 13.2. The van der Waals surface area contributed by atoms with E-state index in [0.29, 0.717) is 37.2 Å². The number of fused-ring (bicyclic) bond motifs is 5. The van der Waals surface area contributed by atoms with Crippen LogP contribution >= 0.6 is 0 Å². The number of carbonyl (C=O) groups excluding carboxylic acids is 2. The van der Waals surface area contributed by atoms with Crippen LogP contribution in [0.15, 0.2) is 42.0 Å². The first-order chi connectivity index (χ1) is 18.3. The average molecular weight is 521 g/mol. The number of ether oxygens (including phenoxy) is 1. The molecule has 8 atom stereocenters. The fourth-order valence-electron chi connectivity index (χ4n) is 9.37. The zero-order valence-corrected chi connectivity index (χ0v) is 23.8. The Morgan fingerprint density at radius 3 is 2.61 bits per heavy atom. The maximum Gasteiger partial charge on any atom is 0.306 e. The molecule has 3 fully saturated rings. The Hall–Kier alpha value is -1.94. The second-order valence-electron chi connectivity index (χ2n) is 13.3. The van der Waals surface area contributed by atoms with E-state index < -0.39 is 0 Å². The number of aliphatic hydroxyl groups is 1. The third-order valence-electron chi connectivity index (χ3n) is 11.5. The smallest absolute Gasteiger partial charge is 0.306 e. The first kappa shape index (κ1) is 27.6. The lowest BCUT2D eigenvalue weighted by atomic mass is 9.43. The molecule has 0 amide bonds. The molecule has 4 heteroatoms. The largest absolute Gasteiger partial charge is 0.466 e. The summed E-state index contributed by atoms with van der Waals surface area (Å²) in [4.78, 5) is 26.4. The normalized spacial score (nSPS) is 37.0. The van der Waals surface area contributed by atoms with Crippen LogP contribution in [0.3, 0.4) is 0 Å². The van der Waals surface area contributed by atoms with Crippen molar-refractivity contribution in [2.24, 2.45) is 34.5 Å².